The van der Waals surface area contributed by atoms with Crippen molar-refractivity contribution in [2.24, 2.45) is 0 Å². The molecule has 23 heavy (non-hydrogen) atoms. The first-order chi connectivity index (χ1) is 11.3. The van der Waals surface area contributed by atoms with Gasteiger partial charge in [0.05, 0.1) is 0 Å². The largest absolute Gasteiger partial charge is 0.0622 e. The second-order valence-corrected chi connectivity index (χ2v) is 6.53. The highest BCUT2D eigenvalue weighted by Gasteiger charge is 2.09. The first-order valence-corrected chi connectivity index (χ1v) is 8.45. The van der Waals surface area contributed by atoms with Crippen molar-refractivity contribution in [1.82, 2.24) is 0 Å². The average molecular weight is 359 g/mol. The van der Waals surface area contributed by atoms with Crippen molar-refractivity contribution in [2.75, 3.05) is 0 Å². The van der Waals surface area contributed by atoms with Gasteiger partial charge in [-0.25, -0.2) is 0 Å². The van der Waals surface area contributed by atoms with Gasteiger partial charge in [-0.2, -0.15) is 0 Å². The van der Waals surface area contributed by atoms with Crippen LogP contribution in [0.2, 0.25) is 0 Å². The van der Waals surface area contributed by atoms with E-state index in [-0.39, 0.29) is 0 Å². The normalized spacial score (nSPS) is 10.8. The molecular weight excluding hydrogens is 344 g/mol. The fourth-order valence-corrected chi connectivity index (χ4v) is 3.23. The van der Waals surface area contributed by atoms with Gasteiger partial charge in [0.2, 0.25) is 0 Å². The molecule has 0 N–H and O–H groups in total. The summed E-state index contributed by atoms with van der Waals surface area (Å²) >= 11 is 3.52. The maximum Gasteiger partial charge on any atom is 0.0175 e. The first kappa shape index (κ1) is 14.2. The summed E-state index contributed by atoms with van der Waals surface area (Å²) in [7, 11) is 0. The summed E-state index contributed by atoms with van der Waals surface area (Å²) in [6.45, 7) is 0. The van der Waals surface area contributed by atoms with Gasteiger partial charge < -0.3 is 0 Å². The van der Waals surface area contributed by atoms with Gasteiger partial charge >= 0.3 is 0 Å². The van der Waals surface area contributed by atoms with Gasteiger partial charge in [0, 0.05) is 4.47 Å². The van der Waals surface area contributed by atoms with Crippen LogP contribution in [0.4, 0.5) is 0 Å². The Kier molecular flexibility index (Phi) is 3.72. The fraction of sp³-hybridized carbons (Fsp3) is 0. The lowest BCUT2D eigenvalue weighted by Crippen LogP contribution is -1.86. The summed E-state index contributed by atoms with van der Waals surface area (Å²) in [4.78, 5) is 0. The van der Waals surface area contributed by atoms with Crippen LogP contribution in [0, 0.1) is 0 Å². The van der Waals surface area contributed by atoms with Gasteiger partial charge in [-0.3, -0.25) is 0 Å². The highest BCUT2D eigenvalue weighted by Crippen LogP contribution is 2.36. The number of fused-ring (bicyclic) bond motifs is 1. The van der Waals surface area contributed by atoms with Crippen molar-refractivity contribution in [2.45, 2.75) is 0 Å². The van der Waals surface area contributed by atoms with E-state index in [2.05, 4.69) is 107 Å². The molecule has 0 aliphatic heterocycles. The smallest absolute Gasteiger partial charge is 0.0175 e. The molecule has 0 atom stereocenters. The average Bonchev–Trinajstić information content (AvgIpc) is 2.62. The molecule has 0 spiro atoms. The molecule has 0 bridgehead atoms. The zero-order valence-electron chi connectivity index (χ0n) is 12.5. The van der Waals surface area contributed by atoms with E-state index in [0.717, 1.165) is 4.47 Å². The molecule has 0 saturated heterocycles. The van der Waals surface area contributed by atoms with Crippen molar-refractivity contribution in [3.8, 4) is 22.3 Å². The molecule has 0 amide bonds. The van der Waals surface area contributed by atoms with Crippen LogP contribution in [0.5, 0.6) is 0 Å². The Morgan fingerprint density at radius 3 is 1.52 bits per heavy atom. The molecule has 0 aliphatic carbocycles. The molecule has 1 heteroatoms. The van der Waals surface area contributed by atoms with E-state index in [9.17, 15) is 0 Å². The van der Waals surface area contributed by atoms with E-state index >= 15 is 0 Å². The highest BCUT2D eigenvalue weighted by molar-refractivity contribution is 9.10. The molecule has 110 valence electrons. The summed E-state index contributed by atoms with van der Waals surface area (Å²) in [5.41, 5.74) is 5.02. The lowest BCUT2D eigenvalue weighted by Gasteiger charge is -2.13. The molecule has 0 unspecified atom stereocenters. The Hall–Kier alpha value is -2.38. The Labute approximate surface area is 144 Å². The minimum absolute atomic E-state index is 1.10. The van der Waals surface area contributed by atoms with Crippen molar-refractivity contribution >= 4 is 26.7 Å². The summed E-state index contributed by atoms with van der Waals surface area (Å²) in [5, 5.41) is 2.54. The lowest BCUT2D eigenvalue weighted by atomic mass is 9.91. The summed E-state index contributed by atoms with van der Waals surface area (Å²) in [6, 6.07) is 32.2. The third-order valence-corrected chi connectivity index (χ3v) is 4.65. The van der Waals surface area contributed by atoms with Crippen molar-refractivity contribution in [3.05, 3.63) is 95.5 Å². The Morgan fingerprint density at radius 1 is 0.478 bits per heavy atom. The van der Waals surface area contributed by atoms with E-state index in [1.165, 1.54) is 33.0 Å². The second-order valence-electron chi connectivity index (χ2n) is 5.62. The quantitative estimate of drug-likeness (QED) is 0.364. The Balaban J connectivity index is 2.02. The predicted molar refractivity (Wildman–Crippen MR) is 103 cm³/mol. The van der Waals surface area contributed by atoms with E-state index in [1.54, 1.807) is 0 Å². The van der Waals surface area contributed by atoms with E-state index < -0.39 is 0 Å². The summed E-state index contributed by atoms with van der Waals surface area (Å²) < 4.78 is 1.10. The molecule has 0 nitrogen and oxygen atoms in total. The van der Waals surface area contributed by atoms with Gasteiger partial charge in [0.25, 0.3) is 0 Å². The van der Waals surface area contributed by atoms with Crippen LogP contribution in [0.25, 0.3) is 33.0 Å². The molecule has 0 radical (unpaired) electrons. The van der Waals surface area contributed by atoms with Crippen LogP contribution in [0.3, 0.4) is 0 Å². The molecule has 4 aromatic carbocycles. The number of hydrogen-bond donors (Lipinski definition) is 0. The molecular formula is C22H15Br. The number of benzene rings is 4. The second kappa shape index (κ2) is 6.02. The predicted octanol–water partition coefficient (Wildman–Crippen LogP) is 6.94. The fourth-order valence-electron chi connectivity index (χ4n) is 2.97. The Morgan fingerprint density at radius 2 is 0.957 bits per heavy atom. The molecule has 0 fully saturated rings. The van der Waals surface area contributed by atoms with E-state index in [4.69, 9.17) is 0 Å². The lowest BCUT2D eigenvalue weighted by molar-refractivity contribution is 1.59. The van der Waals surface area contributed by atoms with Gasteiger partial charge in [0.1, 0.15) is 0 Å². The van der Waals surface area contributed by atoms with E-state index in [0.29, 0.717) is 0 Å². The monoisotopic (exact) mass is 358 g/mol. The molecule has 0 aliphatic rings. The summed E-state index contributed by atoms with van der Waals surface area (Å²) in [6.07, 6.45) is 0. The zero-order valence-corrected chi connectivity index (χ0v) is 14.1. The van der Waals surface area contributed by atoms with Crippen LogP contribution in [0.15, 0.2) is 95.5 Å². The van der Waals surface area contributed by atoms with Gasteiger partial charge in [-0.15, -0.1) is 0 Å². The van der Waals surface area contributed by atoms with Crippen molar-refractivity contribution in [1.29, 1.82) is 0 Å². The SMILES string of the molecule is Brc1ccc(-c2cc3ccccc3cc2-c2ccccc2)cc1. The molecule has 4 aromatic rings. The number of halogens is 1. The molecule has 0 saturated carbocycles. The molecule has 4 rings (SSSR count). The maximum atomic E-state index is 3.52. The minimum atomic E-state index is 1.10. The van der Waals surface area contributed by atoms with Gasteiger partial charge in [-0.1, -0.05) is 82.7 Å². The third kappa shape index (κ3) is 2.80. The first-order valence-electron chi connectivity index (χ1n) is 7.65. The Bertz CT molecular complexity index is 954. The van der Waals surface area contributed by atoms with Crippen LogP contribution >= 0.6 is 15.9 Å². The van der Waals surface area contributed by atoms with Gasteiger partial charge in [0.15, 0.2) is 0 Å². The topological polar surface area (TPSA) is 0 Å². The van der Waals surface area contributed by atoms with Crippen LogP contribution in [0.1, 0.15) is 0 Å². The highest BCUT2D eigenvalue weighted by atomic mass is 79.9. The summed E-state index contributed by atoms with van der Waals surface area (Å²) in [5.74, 6) is 0. The van der Waals surface area contributed by atoms with Crippen LogP contribution < -0.4 is 0 Å². The van der Waals surface area contributed by atoms with Gasteiger partial charge in [-0.05, 0) is 57.3 Å². The van der Waals surface area contributed by atoms with E-state index in [1.807, 2.05) is 0 Å². The van der Waals surface area contributed by atoms with Crippen LogP contribution in [-0.2, 0) is 0 Å². The number of rotatable bonds is 2. The third-order valence-electron chi connectivity index (χ3n) is 4.13. The molecule has 0 heterocycles. The number of hydrogen-bond acceptors (Lipinski definition) is 0. The zero-order chi connectivity index (χ0) is 15.6. The standard InChI is InChI=1S/C22H15Br/c23-20-12-10-17(11-13-20)22-15-19-9-5-4-8-18(19)14-21(22)16-6-2-1-3-7-16/h1-15H. The molecule has 0 aromatic heterocycles. The van der Waals surface area contributed by atoms with Crippen LogP contribution in [-0.4, -0.2) is 0 Å². The minimum Gasteiger partial charge on any atom is -0.0622 e. The maximum absolute atomic E-state index is 3.52. The van der Waals surface area contributed by atoms with Crippen molar-refractivity contribution < 1.29 is 0 Å². The van der Waals surface area contributed by atoms with Crippen molar-refractivity contribution in [3.63, 3.8) is 0 Å².